The molecule has 0 N–H and O–H groups in total. The lowest BCUT2D eigenvalue weighted by molar-refractivity contribution is 0.0496. The molecule has 0 bridgehead atoms. The first-order valence-electron chi connectivity index (χ1n) is 10.2. The molecule has 0 fully saturated rings. The highest BCUT2D eigenvalue weighted by Gasteiger charge is 2.12. The molecule has 0 aliphatic heterocycles. The number of alkyl halides is 1. The van der Waals surface area contributed by atoms with Gasteiger partial charge in [0.25, 0.3) is 0 Å². The van der Waals surface area contributed by atoms with Crippen LogP contribution in [-0.2, 0) is 9.47 Å². The number of carbonyl (C=O) groups excluding carboxylic acids is 2. The molecule has 1 rings (SSSR count). The molecule has 5 heteroatoms. The molecule has 0 aliphatic rings. The summed E-state index contributed by atoms with van der Waals surface area (Å²) in [6, 6.07) is 6.53. The van der Waals surface area contributed by atoms with E-state index in [0.29, 0.717) is 30.2 Å². The predicted molar refractivity (Wildman–Crippen MR) is 110 cm³/mol. The monoisotopic (exact) mass is 396 g/mol. The van der Waals surface area contributed by atoms with Crippen molar-refractivity contribution in [2.45, 2.75) is 71.1 Å². The van der Waals surface area contributed by atoms with Gasteiger partial charge in [-0.25, -0.2) is 9.59 Å². The predicted octanol–water partition coefficient (Wildman–Crippen LogP) is 6.16. The van der Waals surface area contributed by atoms with Crippen LogP contribution in [0, 0.1) is 0 Å². The Kier molecular flexibility index (Phi) is 13.5. The molecule has 0 radical (unpaired) electrons. The summed E-state index contributed by atoms with van der Waals surface area (Å²) in [5.41, 5.74) is 0.766. The summed E-state index contributed by atoms with van der Waals surface area (Å²) in [6.07, 6.45) is 10.7. The summed E-state index contributed by atoms with van der Waals surface area (Å²) >= 11 is 5.63. The van der Waals surface area contributed by atoms with Crippen LogP contribution in [0.4, 0.5) is 0 Å². The van der Waals surface area contributed by atoms with Crippen LogP contribution >= 0.6 is 11.6 Å². The van der Waals surface area contributed by atoms with Gasteiger partial charge in [-0.2, -0.15) is 0 Å². The van der Waals surface area contributed by atoms with Crippen molar-refractivity contribution in [3.05, 3.63) is 35.4 Å². The van der Waals surface area contributed by atoms with Crippen molar-refractivity contribution in [1.29, 1.82) is 0 Å². The minimum Gasteiger partial charge on any atom is -0.462 e. The van der Waals surface area contributed by atoms with Crippen molar-refractivity contribution in [3.8, 4) is 0 Å². The van der Waals surface area contributed by atoms with Gasteiger partial charge in [0.2, 0.25) is 0 Å². The van der Waals surface area contributed by atoms with Crippen molar-refractivity contribution < 1.29 is 19.1 Å². The lowest BCUT2D eigenvalue weighted by atomic mass is 10.1. The second-order valence-corrected chi connectivity index (χ2v) is 7.10. The van der Waals surface area contributed by atoms with Gasteiger partial charge in [0.1, 0.15) is 0 Å². The number of hydrogen-bond donors (Lipinski definition) is 0. The first-order valence-corrected chi connectivity index (χ1v) is 10.7. The van der Waals surface area contributed by atoms with Gasteiger partial charge in [0, 0.05) is 5.88 Å². The van der Waals surface area contributed by atoms with Gasteiger partial charge in [-0.3, -0.25) is 0 Å². The zero-order chi connectivity index (χ0) is 19.7. The van der Waals surface area contributed by atoms with E-state index >= 15 is 0 Å². The maximum atomic E-state index is 12.1. The maximum absolute atomic E-state index is 12.1. The summed E-state index contributed by atoms with van der Waals surface area (Å²) in [5.74, 6) is -0.126. The number of benzene rings is 1. The Hall–Kier alpha value is -1.55. The molecule has 0 unspecified atom stereocenters. The average molecular weight is 397 g/mol. The Bertz CT molecular complexity index is 545. The van der Waals surface area contributed by atoms with E-state index in [0.717, 1.165) is 38.5 Å². The normalized spacial score (nSPS) is 10.6. The van der Waals surface area contributed by atoms with E-state index in [1.54, 1.807) is 24.3 Å². The Morgan fingerprint density at radius 3 is 1.78 bits per heavy atom. The molecule has 1 aromatic rings. The van der Waals surface area contributed by atoms with Gasteiger partial charge < -0.3 is 9.47 Å². The second-order valence-electron chi connectivity index (χ2n) is 6.72. The molecule has 0 saturated heterocycles. The molecule has 0 saturated carbocycles. The Balaban J connectivity index is 2.30. The molecule has 0 aromatic heterocycles. The number of carbonyl (C=O) groups is 2. The topological polar surface area (TPSA) is 52.6 Å². The number of unbranched alkanes of at least 4 members (excludes halogenated alkanes) is 8. The molecule has 0 amide bonds. The van der Waals surface area contributed by atoms with Gasteiger partial charge in [0.05, 0.1) is 24.3 Å². The third-order valence-electron chi connectivity index (χ3n) is 4.33. The van der Waals surface area contributed by atoms with Crippen molar-refractivity contribution in [2.24, 2.45) is 0 Å². The van der Waals surface area contributed by atoms with E-state index in [2.05, 4.69) is 6.92 Å². The standard InChI is InChI=1S/C22H33ClO4/c1-2-3-4-5-7-10-16-26-21(24)19-13-12-14-20(18-19)22(25)27-17-11-8-6-9-15-23/h12-14,18H,2-11,15-17H2,1H3. The number of hydrogen-bond acceptors (Lipinski definition) is 4. The molecule has 27 heavy (non-hydrogen) atoms. The van der Waals surface area contributed by atoms with Crippen LogP contribution in [-0.4, -0.2) is 31.0 Å². The van der Waals surface area contributed by atoms with Crippen LogP contribution in [0.1, 0.15) is 91.8 Å². The van der Waals surface area contributed by atoms with E-state index in [4.69, 9.17) is 21.1 Å². The number of ether oxygens (including phenoxy) is 2. The van der Waals surface area contributed by atoms with E-state index in [-0.39, 0.29) is 5.97 Å². The highest BCUT2D eigenvalue weighted by molar-refractivity contribution is 6.17. The lowest BCUT2D eigenvalue weighted by Gasteiger charge is -2.07. The first-order chi connectivity index (χ1) is 13.2. The zero-order valence-electron chi connectivity index (χ0n) is 16.5. The third kappa shape index (κ3) is 11.0. The molecule has 0 atom stereocenters. The summed E-state index contributed by atoms with van der Waals surface area (Å²) in [5, 5.41) is 0. The summed E-state index contributed by atoms with van der Waals surface area (Å²) < 4.78 is 10.6. The fourth-order valence-corrected chi connectivity index (χ4v) is 2.89. The van der Waals surface area contributed by atoms with Crippen molar-refractivity contribution in [2.75, 3.05) is 19.1 Å². The minimum absolute atomic E-state index is 0.379. The van der Waals surface area contributed by atoms with Crippen molar-refractivity contribution in [3.63, 3.8) is 0 Å². The second kappa shape index (κ2) is 15.5. The van der Waals surface area contributed by atoms with E-state index in [1.807, 2.05) is 0 Å². The van der Waals surface area contributed by atoms with Gasteiger partial charge in [-0.1, -0.05) is 57.9 Å². The van der Waals surface area contributed by atoms with Crippen LogP contribution in [0.25, 0.3) is 0 Å². The summed E-state index contributed by atoms with van der Waals surface area (Å²) in [6.45, 7) is 2.99. The quantitative estimate of drug-likeness (QED) is 0.202. The highest BCUT2D eigenvalue weighted by Crippen LogP contribution is 2.11. The van der Waals surface area contributed by atoms with Crippen LogP contribution in [0.5, 0.6) is 0 Å². The lowest BCUT2D eigenvalue weighted by Crippen LogP contribution is -2.10. The number of halogens is 1. The molecule has 0 heterocycles. The molecule has 0 spiro atoms. The molecular weight excluding hydrogens is 364 g/mol. The molecule has 1 aromatic carbocycles. The fourth-order valence-electron chi connectivity index (χ4n) is 2.70. The Morgan fingerprint density at radius 2 is 1.26 bits per heavy atom. The van der Waals surface area contributed by atoms with E-state index < -0.39 is 5.97 Å². The van der Waals surface area contributed by atoms with E-state index in [9.17, 15) is 9.59 Å². The van der Waals surface area contributed by atoms with Gasteiger partial charge in [-0.15, -0.1) is 11.6 Å². The fraction of sp³-hybridized carbons (Fsp3) is 0.636. The number of rotatable bonds is 15. The van der Waals surface area contributed by atoms with Gasteiger partial charge >= 0.3 is 11.9 Å². The average Bonchev–Trinajstić information content (AvgIpc) is 2.69. The Morgan fingerprint density at radius 1 is 0.778 bits per heavy atom. The molecule has 0 aliphatic carbocycles. The molecule has 4 nitrogen and oxygen atoms in total. The van der Waals surface area contributed by atoms with Gasteiger partial charge in [-0.05, 0) is 37.5 Å². The van der Waals surface area contributed by atoms with Crippen molar-refractivity contribution >= 4 is 23.5 Å². The molecule has 152 valence electrons. The number of esters is 2. The first kappa shape index (κ1) is 23.5. The van der Waals surface area contributed by atoms with Crippen LogP contribution in [0.3, 0.4) is 0 Å². The largest absolute Gasteiger partial charge is 0.462 e. The zero-order valence-corrected chi connectivity index (χ0v) is 17.3. The van der Waals surface area contributed by atoms with Crippen molar-refractivity contribution in [1.82, 2.24) is 0 Å². The SMILES string of the molecule is CCCCCCCCOC(=O)c1cccc(C(=O)OCCCCCCCl)c1. The minimum atomic E-state index is -0.405. The smallest absolute Gasteiger partial charge is 0.338 e. The maximum Gasteiger partial charge on any atom is 0.338 e. The van der Waals surface area contributed by atoms with Crippen LogP contribution in [0.15, 0.2) is 24.3 Å². The van der Waals surface area contributed by atoms with Gasteiger partial charge in [0.15, 0.2) is 0 Å². The summed E-state index contributed by atoms with van der Waals surface area (Å²) in [7, 11) is 0. The Labute approximate surface area is 168 Å². The van der Waals surface area contributed by atoms with E-state index in [1.165, 1.54) is 25.7 Å². The highest BCUT2D eigenvalue weighted by atomic mass is 35.5. The molecular formula is C22H33ClO4. The van der Waals surface area contributed by atoms with Crippen LogP contribution < -0.4 is 0 Å². The summed E-state index contributed by atoms with van der Waals surface area (Å²) in [4.78, 5) is 24.2. The van der Waals surface area contributed by atoms with Crippen LogP contribution in [0.2, 0.25) is 0 Å². The third-order valence-corrected chi connectivity index (χ3v) is 4.59.